The number of ether oxygens (including phenoxy) is 1. The molecule has 0 spiro atoms. The highest BCUT2D eigenvalue weighted by molar-refractivity contribution is 7.89. The molecule has 2 atom stereocenters. The normalized spacial score (nSPS) is 19.5. The highest BCUT2D eigenvalue weighted by Gasteiger charge is 2.42. The van der Waals surface area contributed by atoms with Crippen molar-refractivity contribution in [2.75, 3.05) is 20.2 Å². The lowest BCUT2D eigenvalue weighted by Gasteiger charge is -2.19. The summed E-state index contributed by atoms with van der Waals surface area (Å²) in [5.74, 6) is -0.395. The third-order valence-corrected chi connectivity index (χ3v) is 7.39. The van der Waals surface area contributed by atoms with Crippen LogP contribution in [0, 0.1) is 12.7 Å². The number of benzene rings is 2. The summed E-state index contributed by atoms with van der Waals surface area (Å²) in [7, 11) is -2.33. The van der Waals surface area contributed by atoms with Crippen molar-refractivity contribution in [2.45, 2.75) is 23.7 Å². The molecule has 0 aliphatic carbocycles. The second-order valence-corrected chi connectivity index (χ2v) is 9.43. The van der Waals surface area contributed by atoms with E-state index in [1.165, 1.54) is 35.7 Å². The number of nitrogens with zero attached hydrogens (tertiary/aromatic N) is 2. The van der Waals surface area contributed by atoms with Gasteiger partial charge in [-0.15, -0.1) is 0 Å². The number of rotatable bonds is 5. The van der Waals surface area contributed by atoms with Crippen LogP contribution in [-0.2, 0) is 10.0 Å². The van der Waals surface area contributed by atoms with E-state index in [1.54, 1.807) is 37.3 Å². The van der Waals surface area contributed by atoms with Crippen LogP contribution in [0.4, 0.5) is 4.39 Å². The lowest BCUT2D eigenvalue weighted by atomic mass is 9.86. The van der Waals surface area contributed by atoms with Crippen molar-refractivity contribution in [1.82, 2.24) is 14.3 Å². The molecular weight excluding hydrogens is 421 g/mol. The van der Waals surface area contributed by atoms with Crippen LogP contribution in [0.1, 0.15) is 28.9 Å². The minimum Gasteiger partial charge on any atom is -0.497 e. The zero-order valence-corrected chi connectivity index (χ0v) is 17.9. The smallest absolute Gasteiger partial charge is 0.251 e. The van der Waals surface area contributed by atoms with Crippen LogP contribution in [0.15, 0.2) is 64.3 Å². The van der Waals surface area contributed by atoms with Crippen molar-refractivity contribution < 1.29 is 17.5 Å². The molecule has 0 unspecified atom stereocenters. The molecular formula is C22H22FN3O4S. The van der Waals surface area contributed by atoms with Gasteiger partial charge in [0.25, 0.3) is 5.56 Å². The van der Waals surface area contributed by atoms with E-state index in [-0.39, 0.29) is 23.5 Å². The number of halogens is 1. The second kappa shape index (κ2) is 8.24. The van der Waals surface area contributed by atoms with E-state index in [1.807, 2.05) is 0 Å². The average molecular weight is 444 g/mol. The third kappa shape index (κ3) is 4.11. The van der Waals surface area contributed by atoms with Gasteiger partial charge in [0.15, 0.2) is 0 Å². The lowest BCUT2D eigenvalue weighted by Crippen LogP contribution is -2.29. The summed E-state index contributed by atoms with van der Waals surface area (Å²) in [6.07, 6.45) is 0. The van der Waals surface area contributed by atoms with Crippen molar-refractivity contribution in [3.8, 4) is 5.75 Å². The Labute approximate surface area is 179 Å². The summed E-state index contributed by atoms with van der Waals surface area (Å²) in [6, 6.07) is 13.8. The minimum atomic E-state index is -3.84. The number of nitrogens with one attached hydrogen (secondary N) is 1. The van der Waals surface area contributed by atoms with Crippen molar-refractivity contribution in [3.63, 3.8) is 0 Å². The topological polar surface area (TPSA) is 92.4 Å². The van der Waals surface area contributed by atoms with Crippen LogP contribution in [0.2, 0.25) is 0 Å². The highest BCUT2D eigenvalue weighted by Crippen LogP contribution is 2.41. The number of aromatic nitrogens is 2. The Morgan fingerprint density at radius 3 is 2.42 bits per heavy atom. The molecule has 2 aromatic carbocycles. The van der Waals surface area contributed by atoms with Crippen LogP contribution >= 0.6 is 0 Å². The summed E-state index contributed by atoms with van der Waals surface area (Å²) in [4.78, 5) is 19.2. The maximum absolute atomic E-state index is 14.6. The molecule has 3 aromatic rings. The minimum absolute atomic E-state index is 0.0769. The van der Waals surface area contributed by atoms with Gasteiger partial charge in [-0.3, -0.25) is 4.79 Å². The molecule has 1 aromatic heterocycles. The van der Waals surface area contributed by atoms with E-state index < -0.39 is 27.7 Å². The number of methoxy groups -OCH3 is 1. The molecule has 2 heterocycles. The molecule has 7 nitrogen and oxygen atoms in total. The van der Waals surface area contributed by atoms with E-state index in [4.69, 9.17) is 4.74 Å². The predicted octanol–water partition coefficient (Wildman–Crippen LogP) is 2.80. The van der Waals surface area contributed by atoms with Crippen molar-refractivity contribution >= 4 is 10.0 Å². The maximum Gasteiger partial charge on any atom is 0.251 e. The Balaban J connectivity index is 1.76. The van der Waals surface area contributed by atoms with Gasteiger partial charge in [0, 0.05) is 31.0 Å². The van der Waals surface area contributed by atoms with E-state index in [9.17, 15) is 17.6 Å². The van der Waals surface area contributed by atoms with E-state index >= 15 is 0 Å². The van der Waals surface area contributed by atoms with Gasteiger partial charge in [0.05, 0.1) is 17.7 Å². The summed E-state index contributed by atoms with van der Waals surface area (Å²) in [5, 5.41) is 0. The van der Waals surface area contributed by atoms with Gasteiger partial charge in [-0.1, -0.05) is 18.2 Å². The summed E-state index contributed by atoms with van der Waals surface area (Å²) in [6.45, 7) is 1.82. The molecule has 1 saturated heterocycles. The molecule has 1 fully saturated rings. The lowest BCUT2D eigenvalue weighted by molar-refractivity contribution is 0.414. The highest BCUT2D eigenvalue weighted by atomic mass is 32.2. The predicted molar refractivity (Wildman–Crippen MR) is 113 cm³/mol. The molecule has 4 rings (SSSR count). The van der Waals surface area contributed by atoms with Gasteiger partial charge in [-0.25, -0.2) is 17.8 Å². The molecule has 0 amide bonds. The summed E-state index contributed by atoms with van der Waals surface area (Å²) in [5.41, 5.74) is 0.521. The van der Waals surface area contributed by atoms with Crippen LogP contribution in [-0.4, -0.2) is 42.9 Å². The van der Waals surface area contributed by atoms with Gasteiger partial charge in [-0.2, -0.15) is 4.31 Å². The zero-order chi connectivity index (χ0) is 22.2. The fraction of sp³-hybridized carbons (Fsp3) is 0.273. The fourth-order valence-corrected chi connectivity index (χ4v) is 5.54. The number of sulfonamides is 1. The maximum atomic E-state index is 14.6. The SMILES string of the molecule is COc1ccc(S(=O)(=O)N2C[C@@H](c3cc(=O)[nH]c(C)n3)[C@H](c3ccccc3F)C2)cc1. The molecule has 31 heavy (non-hydrogen) atoms. The van der Waals surface area contributed by atoms with Crippen molar-refractivity contribution in [1.29, 1.82) is 0 Å². The summed E-state index contributed by atoms with van der Waals surface area (Å²) < 4.78 is 47.7. The Hall–Kier alpha value is -3.04. The largest absolute Gasteiger partial charge is 0.497 e. The van der Waals surface area contributed by atoms with Crippen LogP contribution in [0.3, 0.4) is 0 Å². The van der Waals surface area contributed by atoms with E-state index in [0.717, 1.165) is 0 Å². The van der Waals surface area contributed by atoms with Gasteiger partial charge in [-0.05, 0) is 42.8 Å². The molecule has 0 saturated carbocycles. The molecule has 0 radical (unpaired) electrons. The van der Waals surface area contributed by atoms with Gasteiger partial charge in [0.1, 0.15) is 17.4 Å². The number of aryl methyl sites for hydroxylation is 1. The Morgan fingerprint density at radius 2 is 1.77 bits per heavy atom. The quantitative estimate of drug-likeness (QED) is 0.655. The molecule has 1 N–H and O–H groups in total. The number of hydrogen-bond acceptors (Lipinski definition) is 5. The average Bonchev–Trinajstić information content (AvgIpc) is 3.19. The molecule has 1 aliphatic heterocycles. The molecule has 9 heteroatoms. The first-order chi connectivity index (χ1) is 14.8. The van der Waals surface area contributed by atoms with Crippen LogP contribution < -0.4 is 10.3 Å². The zero-order valence-electron chi connectivity index (χ0n) is 17.1. The fourth-order valence-electron chi connectivity index (χ4n) is 4.04. The van der Waals surface area contributed by atoms with Crippen molar-refractivity contribution in [2.24, 2.45) is 0 Å². The molecule has 0 bridgehead atoms. The van der Waals surface area contributed by atoms with Gasteiger partial charge in [0.2, 0.25) is 10.0 Å². The van der Waals surface area contributed by atoms with Crippen molar-refractivity contribution in [3.05, 3.63) is 87.9 Å². The number of hydrogen-bond donors (Lipinski definition) is 1. The number of aromatic amines is 1. The number of H-pyrrole nitrogens is 1. The first-order valence-electron chi connectivity index (χ1n) is 9.76. The first kappa shape index (κ1) is 21.2. The Bertz CT molecular complexity index is 1260. The molecule has 162 valence electrons. The standard InChI is InChI=1S/C22H22FN3O4S/c1-14-24-21(11-22(27)25-14)19-13-26(12-18(19)17-5-3-4-6-20(17)23)31(28,29)16-9-7-15(30-2)8-10-16/h3-11,18-19H,12-13H2,1-2H3,(H,24,25,27)/t18-,19+/m0/s1. The first-order valence-corrected chi connectivity index (χ1v) is 11.2. The van der Waals surface area contributed by atoms with Gasteiger partial charge < -0.3 is 9.72 Å². The second-order valence-electron chi connectivity index (χ2n) is 7.49. The van der Waals surface area contributed by atoms with Crippen LogP contribution in [0.25, 0.3) is 0 Å². The Morgan fingerprint density at radius 1 is 1.10 bits per heavy atom. The van der Waals surface area contributed by atoms with E-state index in [2.05, 4.69) is 9.97 Å². The Kier molecular flexibility index (Phi) is 5.63. The van der Waals surface area contributed by atoms with E-state index in [0.29, 0.717) is 22.8 Å². The summed E-state index contributed by atoms with van der Waals surface area (Å²) >= 11 is 0. The monoisotopic (exact) mass is 443 g/mol. The third-order valence-electron chi connectivity index (χ3n) is 5.55. The van der Waals surface area contributed by atoms with Gasteiger partial charge >= 0.3 is 0 Å². The molecule has 1 aliphatic rings. The van der Waals surface area contributed by atoms with Crippen LogP contribution in [0.5, 0.6) is 5.75 Å².